The van der Waals surface area contributed by atoms with Crippen molar-refractivity contribution in [1.29, 1.82) is 0 Å². The molecule has 0 amide bonds. The van der Waals surface area contributed by atoms with Gasteiger partial charge in [0.2, 0.25) is 0 Å². The highest BCUT2D eigenvalue weighted by atomic mass is 16.5. The molecule has 0 aliphatic heterocycles. The molecule has 0 saturated heterocycles. The highest BCUT2D eigenvalue weighted by molar-refractivity contribution is 5.87. The molecule has 3 aromatic rings. The smallest absolute Gasteiger partial charge is 0.124 e. The number of H-pyrrole nitrogens is 1. The van der Waals surface area contributed by atoms with Crippen LogP contribution in [0.5, 0.6) is 5.75 Å². The van der Waals surface area contributed by atoms with Crippen molar-refractivity contribution in [3.8, 4) is 17.0 Å². The maximum absolute atomic E-state index is 10.8. The lowest BCUT2D eigenvalue weighted by Crippen LogP contribution is -1.93. The average Bonchev–Trinajstić information content (AvgIpc) is 2.92. The van der Waals surface area contributed by atoms with Crippen LogP contribution in [0.15, 0.2) is 42.5 Å². The van der Waals surface area contributed by atoms with Crippen LogP contribution in [0.4, 0.5) is 0 Å². The van der Waals surface area contributed by atoms with E-state index in [0.29, 0.717) is 6.42 Å². The van der Waals surface area contributed by atoms with Gasteiger partial charge in [-0.3, -0.25) is 0 Å². The van der Waals surface area contributed by atoms with E-state index in [0.717, 1.165) is 45.3 Å². The zero-order chi connectivity index (χ0) is 14.8. The lowest BCUT2D eigenvalue weighted by atomic mass is 9.98. The number of carbonyl (C=O) groups is 1. The predicted octanol–water partition coefficient (Wildman–Crippen LogP) is 3.89. The first kappa shape index (κ1) is 13.4. The van der Waals surface area contributed by atoms with Crippen molar-refractivity contribution in [3.63, 3.8) is 0 Å². The van der Waals surface area contributed by atoms with E-state index in [-0.39, 0.29) is 0 Å². The van der Waals surface area contributed by atoms with Crippen LogP contribution in [0.25, 0.3) is 22.2 Å². The Bertz CT molecular complexity index is 802. The average molecular weight is 279 g/mol. The standard InChI is InChI=1S/C18H17NO2/c1-12-13(8-9-20)4-3-5-16(12)18-11-14-10-15(21-2)6-7-17(14)19-18/h3-7,9-11,19H,8H2,1-2H3. The van der Waals surface area contributed by atoms with E-state index in [2.05, 4.69) is 24.0 Å². The topological polar surface area (TPSA) is 42.1 Å². The third-order valence-corrected chi connectivity index (χ3v) is 3.87. The molecule has 1 heterocycles. The van der Waals surface area contributed by atoms with E-state index in [4.69, 9.17) is 4.74 Å². The zero-order valence-corrected chi connectivity index (χ0v) is 12.1. The van der Waals surface area contributed by atoms with E-state index in [1.165, 1.54) is 0 Å². The maximum Gasteiger partial charge on any atom is 0.124 e. The molecule has 3 heteroatoms. The summed E-state index contributed by atoms with van der Waals surface area (Å²) in [6, 6.07) is 14.2. The number of hydrogen-bond acceptors (Lipinski definition) is 2. The van der Waals surface area contributed by atoms with Crippen molar-refractivity contribution in [2.45, 2.75) is 13.3 Å². The Morgan fingerprint density at radius 2 is 2.05 bits per heavy atom. The van der Waals surface area contributed by atoms with Crippen molar-refractivity contribution >= 4 is 17.2 Å². The van der Waals surface area contributed by atoms with Crippen LogP contribution >= 0.6 is 0 Å². The molecule has 3 rings (SSSR count). The Balaban J connectivity index is 2.12. The van der Waals surface area contributed by atoms with Gasteiger partial charge in [0.1, 0.15) is 12.0 Å². The van der Waals surface area contributed by atoms with Crippen LogP contribution in [-0.4, -0.2) is 18.4 Å². The van der Waals surface area contributed by atoms with Crippen LogP contribution in [-0.2, 0) is 11.2 Å². The summed E-state index contributed by atoms with van der Waals surface area (Å²) >= 11 is 0. The molecule has 3 nitrogen and oxygen atoms in total. The minimum Gasteiger partial charge on any atom is -0.497 e. The molecule has 1 aromatic heterocycles. The fourth-order valence-corrected chi connectivity index (χ4v) is 2.67. The summed E-state index contributed by atoms with van der Waals surface area (Å²) in [5.41, 5.74) is 5.47. The van der Waals surface area contributed by atoms with Crippen LogP contribution in [0.1, 0.15) is 11.1 Å². The highest BCUT2D eigenvalue weighted by Gasteiger charge is 2.09. The van der Waals surface area contributed by atoms with Crippen molar-refractivity contribution in [3.05, 3.63) is 53.6 Å². The molecule has 0 bridgehead atoms. The van der Waals surface area contributed by atoms with Crippen LogP contribution in [0.2, 0.25) is 0 Å². The number of aldehydes is 1. The van der Waals surface area contributed by atoms with E-state index in [1.807, 2.05) is 30.3 Å². The fourth-order valence-electron chi connectivity index (χ4n) is 2.67. The summed E-state index contributed by atoms with van der Waals surface area (Å²) in [6.07, 6.45) is 1.40. The van der Waals surface area contributed by atoms with Gasteiger partial charge in [-0.25, -0.2) is 0 Å². The predicted molar refractivity (Wildman–Crippen MR) is 84.8 cm³/mol. The maximum atomic E-state index is 10.8. The molecule has 0 saturated carbocycles. The van der Waals surface area contributed by atoms with Gasteiger partial charge in [0.05, 0.1) is 7.11 Å². The van der Waals surface area contributed by atoms with Crippen LogP contribution < -0.4 is 4.74 Å². The molecule has 21 heavy (non-hydrogen) atoms. The Labute approximate surface area is 123 Å². The molecule has 2 aromatic carbocycles. The summed E-state index contributed by atoms with van der Waals surface area (Å²) < 4.78 is 5.26. The minimum absolute atomic E-state index is 0.452. The molecule has 1 N–H and O–H groups in total. The van der Waals surface area contributed by atoms with Gasteiger partial charge in [0.25, 0.3) is 0 Å². The summed E-state index contributed by atoms with van der Waals surface area (Å²) in [4.78, 5) is 14.2. The van der Waals surface area contributed by atoms with Gasteiger partial charge >= 0.3 is 0 Å². The molecule has 0 aliphatic carbocycles. The molecular formula is C18H17NO2. The fraction of sp³-hybridized carbons (Fsp3) is 0.167. The molecule has 0 fully saturated rings. The largest absolute Gasteiger partial charge is 0.497 e. The Hall–Kier alpha value is -2.55. The number of aromatic amines is 1. The molecule has 0 unspecified atom stereocenters. The first-order chi connectivity index (χ1) is 10.2. The zero-order valence-electron chi connectivity index (χ0n) is 12.1. The molecule has 106 valence electrons. The molecule has 0 radical (unpaired) electrons. The van der Waals surface area contributed by atoms with Crippen LogP contribution in [0, 0.1) is 6.92 Å². The number of hydrogen-bond donors (Lipinski definition) is 1. The van der Waals surface area contributed by atoms with Crippen molar-refractivity contribution in [2.75, 3.05) is 7.11 Å². The molecule has 0 spiro atoms. The number of rotatable bonds is 4. The SMILES string of the molecule is COc1ccc2[nH]c(-c3cccc(CC=O)c3C)cc2c1. The third-order valence-electron chi connectivity index (χ3n) is 3.87. The van der Waals surface area contributed by atoms with E-state index in [1.54, 1.807) is 7.11 Å². The summed E-state index contributed by atoms with van der Waals surface area (Å²) in [6.45, 7) is 2.06. The van der Waals surface area contributed by atoms with E-state index >= 15 is 0 Å². The number of nitrogens with one attached hydrogen (secondary N) is 1. The first-order valence-electron chi connectivity index (χ1n) is 6.92. The van der Waals surface area contributed by atoms with Crippen molar-refractivity contribution < 1.29 is 9.53 Å². The first-order valence-corrected chi connectivity index (χ1v) is 6.92. The van der Waals surface area contributed by atoms with Gasteiger partial charge < -0.3 is 14.5 Å². The lowest BCUT2D eigenvalue weighted by Gasteiger charge is -2.07. The number of aromatic nitrogens is 1. The number of benzene rings is 2. The minimum atomic E-state index is 0.452. The molecular weight excluding hydrogens is 262 g/mol. The van der Waals surface area contributed by atoms with Gasteiger partial charge in [-0.2, -0.15) is 0 Å². The summed E-state index contributed by atoms with van der Waals surface area (Å²) in [7, 11) is 1.67. The second-order valence-electron chi connectivity index (χ2n) is 5.10. The quantitative estimate of drug-likeness (QED) is 0.736. The third kappa shape index (κ3) is 2.42. The molecule has 0 atom stereocenters. The van der Waals surface area contributed by atoms with E-state index in [9.17, 15) is 4.79 Å². The van der Waals surface area contributed by atoms with Crippen LogP contribution in [0.3, 0.4) is 0 Å². The number of methoxy groups -OCH3 is 1. The summed E-state index contributed by atoms with van der Waals surface area (Å²) in [5, 5.41) is 1.12. The lowest BCUT2D eigenvalue weighted by molar-refractivity contribution is -0.107. The molecule has 0 aliphatic rings. The van der Waals surface area contributed by atoms with Crippen molar-refractivity contribution in [1.82, 2.24) is 4.98 Å². The van der Waals surface area contributed by atoms with E-state index < -0.39 is 0 Å². The Morgan fingerprint density at radius 1 is 1.19 bits per heavy atom. The van der Waals surface area contributed by atoms with Gasteiger partial charge in [0, 0.05) is 28.6 Å². The number of fused-ring (bicyclic) bond motifs is 1. The van der Waals surface area contributed by atoms with Gasteiger partial charge in [-0.05, 0) is 42.3 Å². The second-order valence-corrected chi connectivity index (χ2v) is 5.10. The monoisotopic (exact) mass is 279 g/mol. The van der Waals surface area contributed by atoms with Gasteiger partial charge in [-0.15, -0.1) is 0 Å². The Morgan fingerprint density at radius 3 is 2.81 bits per heavy atom. The highest BCUT2D eigenvalue weighted by Crippen LogP contribution is 2.30. The van der Waals surface area contributed by atoms with Gasteiger partial charge in [-0.1, -0.05) is 18.2 Å². The second kappa shape index (κ2) is 5.44. The van der Waals surface area contributed by atoms with Crippen molar-refractivity contribution in [2.24, 2.45) is 0 Å². The summed E-state index contributed by atoms with van der Waals surface area (Å²) in [5.74, 6) is 0.847. The number of ether oxygens (including phenoxy) is 1. The van der Waals surface area contributed by atoms with Gasteiger partial charge in [0.15, 0.2) is 0 Å². The Kier molecular flexibility index (Phi) is 3.48. The number of carbonyl (C=O) groups excluding carboxylic acids is 1. The normalized spacial score (nSPS) is 10.8.